The second-order valence-electron chi connectivity index (χ2n) is 19.4. The van der Waals surface area contributed by atoms with E-state index in [2.05, 4.69) is 179 Å². The molecule has 0 heterocycles. The molecular weight excluding hydrogens is 593 g/mol. The molecule has 47 heavy (non-hydrogen) atoms. The highest BCUT2D eigenvalue weighted by Gasteiger charge is 2.46. The third-order valence-electron chi connectivity index (χ3n) is 8.53. The Bertz CT molecular complexity index is 1370. The second kappa shape index (κ2) is 13.8. The number of aliphatic carboxylic acids is 1. The summed E-state index contributed by atoms with van der Waals surface area (Å²) in [6.07, 6.45) is 0. The fourth-order valence-electron chi connectivity index (χ4n) is 5.69. The molecule has 2 nitrogen and oxygen atoms in total. The van der Waals surface area contributed by atoms with Crippen LogP contribution in [0.5, 0.6) is 0 Å². The Balaban J connectivity index is 0.00000181. The third kappa shape index (κ3) is 10.2. The first-order valence-corrected chi connectivity index (χ1v) is 18.5. The van der Waals surface area contributed by atoms with Crippen LogP contribution in [0.15, 0.2) is 69.3 Å². The van der Waals surface area contributed by atoms with Crippen molar-refractivity contribution < 1.29 is 9.90 Å². The molecule has 0 aliphatic rings. The Morgan fingerprint density at radius 2 is 0.702 bits per heavy atom. The van der Waals surface area contributed by atoms with Crippen LogP contribution in [0.2, 0.25) is 0 Å². The van der Waals surface area contributed by atoms with E-state index in [1.165, 1.54) is 48.1 Å². The summed E-state index contributed by atoms with van der Waals surface area (Å²) in [5.41, 5.74) is 8.82. The van der Waals surface area contributed by atoms with Crippen molar-refractivity contribution in [2.75, 3.05) is 0 Å². The van der Waals surface area contributed by atoms with Gasteiger partial charge in [0.2, 0.25) is 0 Å². The molecule has 3 aromatic rings. The normalized spacial score (nSPS) is 13.4. The average molecular weight is 659 g/mol. The van der Waals surface area contributed by atoms with Crippen LogP contribution in [0, 0.1) is 0 Å². The summed E-state index contributed by atoms with van der Waals surface area (Å²) in [4.78, 5) is 13.3. The van der Waals surface area contributed by atoms with Gasteiger partial charge in [0.1, 0.15) is 10.9 Å². The molecule has 0 atom stereocenters. The lowest BCUT2D eigenvalue weighted by Gasteiger charge is -2.35. The first kappa shape index (κ1) is 40.7. The van der Waals surface area contributed by atoms with Crippen LogP contribution < -0.4 is 5.11 Å². The lowest BCUT2D eigenvalue weighted by molar-refractivity contribution is -0.302. The minimum Gasteiger partial charge on any atom is -0.550 e. The van der Waals surface area contributed by atoms with Gasteiger partial charge in [0.05, 0.1) is 0 Å². The Labute approximate surface area is 292 Å². The van der Waals surface area contributed by atoms with Crippen LogP contribution >= 0.6 is 0 Å². The molecule has 0 unspecified atom stereocenters. The largest absolute Gasteiger partial charge is 0.550 e. The van der Waals surface area contributed by atoms with Gasteiger partial charge in [-0.3, -0.25) is 0 Å². The Morgan fingerprint density at radius 1 is 0.468 bits per heavy atom. The van der Waals surface area contributed by atoms with Gasteiger partial charge in [-0.2, -0.15) is 0 Å². The summed E-state index contributed by atoms with van der Waals surface area (Å²) in [5.74, 6) is -1.08. The smallest absolute Gasteiger partial charge is 0.174 e. The minimum atomic E-state index is -1.08. The molecule has 3 aromatic carbocycles. The topological polar surface area (TPSA) is 40.1 Å². The van der Waals surface area contributed by atoms with E-state index >= 15 is 0 Å². The predicted octanol–water partition coefficient (Wildman–Crippen LogP) is 11.3. The molecule has 0 bridgehead atoms. The Kier molecular flexibility index (Phi) is 11.9. The van der Waals surface area contributed by atoms with Crippen LogP contribution in [-0.2, 0) is 48.2 Å². The average Bonchev–Trinajstić information content (AvgIpc) is 2.85. The van der Waals surface area contributed by atoms with Crippen molar-refractivity contribution in [2.24, 2.45) is 0 Å². The SMILES string of the molecule is CC(=O)[O-].CC(C)(C)c1cc(C(C)(C)C)c([S+](c2ccccc2)c2c(C(C)(C)C)cc(C(C)(C)C)cc2C(C)(C)C)c(C(C)(C)C)c1. The lowest BCUT2D eigenvalue weighted by Crippen LogP contribution is -2.30. The number of carboxylic acids is 1. The van der Waals surface area contributed by atoms with Gasteiger partial charge in [0.25, 0.3) is 0 Å². The number of hydrogen-bond acceptors (Lipinski definition) is 2. The standard InChI is InChI=1S/C42H63S.C2H4O2/c1-37(2,3)28-24-31(39(7,8)9)35(32(25-28)40(10,11)12)43(30-22-20-19-21-23-30)36-33(41(13,14)15)26-29(38(4,5)6)27-34(36)42(16,17)18;1-2(3)4/h19-27H,1-18H3;1H3,(H,3,4)/q+1;/p-1. The summed E-state index contributed by atoms with van der Waals surface area (Å²) in [6, 6.07) is 21.7. The van der Waals surface area contributed by atoms with Gasteiger partial charge in [-0.05, 0) is 86.9 Å². The highest BCUT2D eigenvalue weighted by Crippen LogP contribution is 2.50. The van der Waals surface area contributed by atoms with Crippen molar-refractivity contribution in [3.63, 3.8) is 0 Å². The van der Waals surface area contributed by atoms with Gasteiger partial charge in [0.15, 0.2) is 14.7 Å². The van der Waals surface area contributed by atoms with Crippen molar-refractivity contribution in [1.29, 1.82) is 0 Å². The van der Waals surface area contributed by atoms with Crippen LogP contribution in [0.1, 0.15) is 165 Å². The number of carbonyl (C=O) groups is 1. The van der Waals surface area contributed by atoms with E-state index in [4.69, 9.17) is 9.90 Å². The molecule has 0 fully saturated rings. The molecule has 0 radical (unpaired) electrons. The van der Waals surface area contributed by atoms with E-state index in [1.807, 2.05) is 0 Å². The third-order valence-corrected chi connectivity index (χ3v) is 11.0. The number of carbonyl (C=O) groups excluding carboxylic acids is 1. The summed E-state index contributed by atoms with van der Waals surface area (Å²) in [7, 11) is -0.317. The zero-order chi connectivity index (χ0) is 36.7. The molecule has 3 rings (SSSR count). The Hall–Kier alpha value is -2.52. The van der Waals surface area contributed by atoms with Crippen LogP contribution in [0.25, 0.3) is 0 Å². The quantitative estimate of drug-likeness (QED) is 0.263. The van der Waals surface area contributed by atoms with E-state index in [0.717, 1.165) is 6.92 Å². The molecule has 0 saturated carbocycles. The lowest BCUT2D eigenvalue weighted by atomic mass is 9.75. The van der Waals surface area contributed by atoms with E-state index in [0.29, 0.717) is 0 Å². The summed E-state index contributed by atoms with van der Waals surface area (Å²) >= 11 is 0. The van der Waals surface area contributed by atoms with Gasteiger partial charge >= 0.3 is 0 Å². The van der Waals surface area contributed by atoms with Gasteiger partial charge in [-0.15, -0.1) is 0 Å². The van der Waals surface area contributed by atoms with Crippen LogP contribution in [0.3, 0.4) is 0 Å². The van der Waals surface area contributed by atoms with E-state index in [-0.39, 0.29) is 43.4 Å². The molecule has 0 aliphatic heterocycles. The maximum Gasteiger partial charge on any atom is 0.174 e. The molecule has 3 heteroatoms. The van der Waals surface area contributed by atoms with E-state index < -0.39 is 5.97 Å². The highest BCUT2D eigenvalue weighted by atomic mass is 32.2. The van der Waals surface area contributed by atoms with E-state index in [1.54, 1.807) is 0 Å². The zero-order valence-electron chi connectivity index (χ0n) is 33.4. The molecule has 0 spiro atoms. The fourth-order valence-corrected chi connectivity index (χ4v) is 9.13. The monoisotopic (exact) mass is 658 g/mol. The van der Waals surface area contributed by atoms with Crippen molar-refractivity contribution in [3.8, 4) is 0 Å². The molecule has 0 aliphatic carbocycles. The predicted molar refractivity (Wildman–Crippen MR) is 204 cm³/mol. The molecule has 0 N–H and O–H groups in total. The van der Waals surface area contributed by atoms with Gasteiger partial charge in [0, 0.05) is 28.2 Å². The van der Waals surface area contributed by atoms with Crippen molar-refractivity contribution in [3.05, 3.63) is 88.0 Å². The molecular formula is C44H66O2S. The number of benzene rings is 3. The number of rotatable bonds is 3. The molecule has 0 aromatic heterocycles. The first-order chi connectivity index (χ1) is 20.9. The first-order valence-electron chi connectivity index (χ1n) is 17.2. The van der Waals surface area contributed by atoms with Gasteiger partial charge in [-0.25, -0.2) is 0 Å². The van der Waals surface area contributed by atoms with Crippen molar-refractivity contribution >= 4 is 16.9 Å². The van der Waals surface area contributed by atoms with Crippen LogP contribution in [0.4, 0.5) is 0 Å². The highest BCUT2D eigenvalue weighted by molar-refractivity contribution is 7.97. The number of carboxylic acid groups (broad SMARTS) is 1. The summed E-state index contributed by atoms with van der Waals surface area (Å²) < 4.78 is 0. The summed E-state index contributed by atoms with van der Waals surface area (Å²) in [6.45, 7) is 44.1. The van der Waals surface area contributed by atoms with E-state index in [9.17, 15) is 0 Å². The van der Waals surface area contributed by atoms with Gasteiger partial charge in [-0.1, -0.05) is 143 Å². The molecule has 260 valence electrons. The zero-order valence-corrected chi connectivity index (χ0v) is 34.2. The second-order valence-corrected chi connectivity index (χ2v) is 21.3. The Morgan fingerprint density at radius 3 is 0.894 bits per heavy atom. The number of hydrogen-bond donors (Lipinski definition) is 0. The molecule has 0 amide bonds. The maximum atomic E-state index is 8.89. The summed E-state index contributed by atoms with van der Waals surface area (Å²) in [5, 5.41) is 8.89. The minimum absolute atomic E-state index is 0.0221. The van der Waals surface area contributed by atoms with Crippen LogP contribution in [-0.4, -0.2) is 5.97 Å². The fraction of sp³-hybridized carbons (Fsp3) is 0.568. The van der Waals surface area contributed by atoms with Gasteiger partial charge < -0.3 is 9.90 Å². The van der Waals surface area contributed by atoms with Crippen molar-refractivity contribution in [1.82, 2.24) is 0 Å². The molecule has 0 saturated heterocycles. The maximum absolute atomic E-state index is 8.89. The van der Waals surface area contributed by atoms with Crippen molar-refractivity contribution in [2.45, 2.75) is 179 Å².